The first-order valence-electron chi connectivity index (χ1n) is 9.15. The maximum atomic E-state index is 12.8. The van der Waals surface area contributed by atoms with E-state index in [4.69, 9.17) is 22.1 Å². The van der Waals surface area contributed by atoms with Crippen LogP contribution in [-0.2, 0) is 14.3 Å². The molecule has 0 aliphatic carbocycles. The lowest BCUT2D eigenvalue weighted by Gasteiger charge is -2.28. The van der Waals surface area contributed by atoms with Crippen LogP contribution in [0.15, 0.2) is 35.9 Å². The number of aromatic carboxylic acids is 1. The van der Waals surface area contributed by atoms with Crippen molar-refractivity contribution in [1.82, 2.24) is 14.8 Å². The SMILES string of the molecule is COCCN1C(=O)/C(=C\c2cc(C)n(-c3ccc(C(=O)O)cc3)c2C)C(=O)NC1=S. The van der Waals surface area contributed by atoms with Gasteiger partial charge in [-0.3, -0.25) is 19.8 Å². The highest BCUT2D eigenvalue weighted by atomic mass is 32.1. The lowest BCUT2D eigenvalue weighted by molar-refractivity contribution is -0.129. The van der Waals surface area contributed by atoms with Crippen LogP contribution in [-0.4, -0.2) is 57.7 Å². The van der Waals surface area contributed by atoms with Crippen LogP contribution < -0.4 is 5.32 Å². The number of carbonyl (C=O) groups excluding carboxylic acids is 2. The van der Waals surface area contributed by atoms with Crippen LogP contribution in [0.5, 0.6) is 0 Å². The summed E-state index contributed by atoms with van der Waals surface area (Å²) in [6, 6.07) is 8.34. The molecule has 2 aromatic rings. The van der Waals surface area contributed by atoms with Gasteiger partial charge in [-0.25, -0.2) is 4.79 Å². The maximum Gasteiger partial charge on any atom is 0.335 e. The number of nitrogens with zero attached hydrogens (tertiary/aromatic N) is 2. The zero-order valence-electron chi connectivity index (χ0n) is 16.8. The Bertz CT molecular complexity index is 1070. The number of carbonyl (C=O) groups is 3. The van der Waals surface area contributed by atoms with E-state index in [0.29, 0.717) is 5.56 Å². The fourth-order valence-electron chi connectivity index (χ4n) is 3.32. The zero-order chi connectivity index (χ0) is 22.0. The zero-order valence-corrected chi connectivity index (χ0v) is 17.6. The van der Waals surface area contributed by atoms with Crippen LogP contribution in [0.4, 0.5) is 0 Å². The lowest BCUT2D eigenvalue weighted by atomic mass is 10.1. The Morgan fingerprint density at radius 2 is 1.90 bits per heavy atom. The van der Waals surface area contributed by atoms with E-state index in [-0.39, 0.29) is 29.4 Å². The highest BCUT2D eigenvalue weighted by Crippen LogP contribution is 2.24. The number of hydrogen-bond acceptors (Lipinski definition) is 5. The minimum Gasteiger partial charge on any atom is -0.478 e. The summed E-state index contributed by atoms with van der Waals surface area (Å²) >= 11 is 5.10. The van der Waals surface area contributed by atoms with Gasteiger partial charge in [-0.2, -0.15) is 0 Å². The average molecular weight is 427 g/mol. The van der Waals surface area contributed by atoms with Gasteiger partial charge in [0.05, 0.1) is 18.7 Å². The molecule has 3 rings (SSSR count). The lowest BCUT2D eigenvalue weighted by Crippen LogP contribution is -2.54. The molecule has 8 nitrogen and oxygen atoms in total. The average Bonchev–Trinajstić information content (AvgIpc) is 2.98. The van der Waals surface area contributed by atoms with Gasteiger partial charge in [-0.05, 0) is 68.0 Å². The molecule has 0 radical (unpaired) electrons. The Morgan fingerprint density at radius 1 is 1.23 bits per heavy atom. The van der Waals surface area contributed by atoms with Crippen LogP contribution >= 0.6 is 12.2 Å². The first-order chi connectivity index (χ1) is 14.2. The monoisotopic (exact) mass is 427 g/mol. The summed E-state index contributed by atoms with van der Waals surface area (Å²) in [6.45, 7) is 4.28. The van der Waals surface area contributed by atoms with Crippen molar-refractivity contribution in [2.75, 3.05) is 20.3 Å². The van der Waals surface area contributed by atoms with E-state index in [2.05, 4.69) is 5.32 Å². The molecular formula is C21H21N3O5S. The summed E-state index contributed by atoms with van der Waals surface area (Å²) < 4.78 is 6.93. The summed E-state index contributed by atoms with van der Waals surface area (Å²) in [5.41, 5.74) is 3.34. The molecule has 1 aromatic heterocycles. The minimum atomic E-state index is -0.995. The van der Waals surface area contributed by atoms with Gasteiger partial charge < -0.3 is 14.4 Å². The third-order valence-corrected chi connectivity index (χ3v) is 5.17. The topological polar surface area (TPSA) is 101 Å². The van der Waals surface area contributed by atoms with Crippen molar-refractivity contribution in [2.45, 2.75) is 13.8 Å². The third-order valence-electron chi connectivity index (χ3n) is 4.85. The Balaban J connectivity index is 1.98. The Labute approximate surface area is 178 Å². The number of carboxylic acids is 1. The van der Waals surface area contributed by atoms with Crippen LogP contribution in [0.1, 0.15) is 27.3 Å². The molecule has 1 fully saturated rings. The molecule has 1 saturated heterocycles. The third kappa shape index (κ3) is 4.03. The van der Waals surface area contributed by atoms with Gasteiger partial charge in [0.2, 0.25) is 0 Å². The molecule has 2 heterocycles. The molecular weight excluding hydrogens is 406 g/mol. The number of rotatable bonds is 6. The largest absolute Gasteiger partial charge is 0.478 e. The molecule has 156 valence electrons. The van der Waals surface area contributed by atoms with Crippen molar-refractivity contribution >= 4 is 41.2 Å². The smallest absolute Gasteiger partial charge is 0.335 e. The van der Waals surface area contributed by atoms with Crippen molar-refractivity contribution in [2.24, 2.45) is 0 Å². The molecule has 0 saturated carbocycles. The second-order valence-electron chi connectivity index (χ2n) is 6.78. The number of ether oxygens (including phenoxy) is 1. The van der Waals surface area contributed by atoms with Crippen LogP contribution in [0.2, 0.25) is 0 Å². The number of hydrogen-bond donors (Lipinski definition) is 2. The second-order valence-corrected chi connectivity index (χ2v) is 7.17. The minimum absolute atomic E-state index is 0.0128. The summed E-state index contributed by atoms with van der Waals surface area (Å²) in [5, 5.41) is 11.7. The summed E-state index contributed by atoms with van der Waals surface area (Å²) in [6.07, 6.45) is 1.55. The van der Waals surface area contributed by atoms with E-state index in [9.17, 15) is 14.4 Å². The first-order valence-corrected chi connectivity index (χ1v) is 9.56. The van der Waals surface area contributed by atoms with Crippen LogP contribution in [0, 0.1) is 13.8 Å². The molecule has 1 aromatic carbocycles. The molecule has 0 unspecified atom stereocenters. The fourth-order valence-corrected chi connectivity index (χ4v) is 3.59. The molecule has 1 aliphatic heterocycles. The molecule has 2 N–H and O–H groups in total. The number of methoxy groups -OCH3 is 1. The maximum absolute atomic E-state index is 12.8. The van der Waals surface area contributed by atoms with E-state index < -0.39 is 17.8 Å². The van der Waals surface area contributed by atoms with E-state index in [1.165, 1.54) is 24.1 Å². The number of aryl methyl sites for hydroxylation is 1. The van der Waals surface area contributed by atoms with Crippen molar-refractivity contribution in [1.29, 1.82) is 0 Å². The van der Waals surface area contributed by atoms with Gasteiger partial charge in [-0.1, -0.05) is 0 Å². The number of thiocarbonyl (C=S) groups is 1. The van der Waals surface area contributed by atoms with Crippen molar-refractivity contribution in [3.8, 4) is 5.69 Å². The first kappa shape index (κ1) is 21.4. The Kier molecular flexibility index (Phi) is 6.14. The number of benzene rings is 1. The predicted octanol–water partition coefficient (Wildman–Crippen LogP) is 2.07. The number of amides is 2. The number of aromatic nitrogens is 1. The quantitative estimate of drug-likeness (QED) is 0.416. The second kappa shape index (κ2) is 8.60. The van der Waals surface area contributed by atoms with Gasteiger partial charge in [0, 0.05) is 24.2 Å². The molecule has 0 atom stereocenters. The molecule has 2 amide bonds. The highest BCUT2D eigenvalue weighted by molar-refractivity contribution is 7.80. The highest BCUT2D eigenvalue weighted by Gasteiger charge is 2.33. The summed E-state index contributed by atoms with van der Waals surface area (Å²) in [4.78, 5) is 37.6. The van der Waals surface area contributed by atoms with E-state index in [1.54, 1.807) is 18.2 Å². The van der Waals surface area contributed by atoms with Crippen molar-refractivity contribution in [3.63, 3.8) is 0 Å². The van der Waals surface area contributed by atoms with Crippen LogP contribution in [0.3, 0.4) is 0 Å². The van der Waals surface area contributed by atoms with Gasteiger partial charge >= 0.3 is 5.97 Å². The van der Waals surface area contributed by atoms with E-state index >= 15 is 0 Å². The fraction of sp³-hybridized carbons (Fsp3) is 0.238. The Hall–Kier alpha value is -3.30. The summed E-state index contributed by atoms with van der Waals surface area (Å²) in [5.74, 6) is -2.02. The predicted molar refractivity (Wildman–Crippen MR) is 115 cm³/mol. The van der Waals surface area contributed by atoms with Crippen molar-refractivity contribution in [3.05, 3.63) is 58.4 Å². The van der Waals surface area contributed by atoms with Gasteiger partial charge in [0.25, 0.3) is 11.8 Å². The molecule has 1 aliphatic rings. The van der Waals surface area contributed by atoms with Gasteiger partial charge in [-0.15, -0.1) is 0 Å². The van der Waals surface area contributed by atoms with E-state index in [1.807, 2.05) is 24.5 Å². The summed E-state index contributed by atoms with van der Waals surface area (Å²) in [7, 11) is 1.52. The molecule has 30 heavy (non-hydrogen) atoms. The standard InChI is InChI=1S/C21H21N3O5S/c1-12-10-15(13(2)24(12)16-6-4-14(5-7-16)20(27)28)11-17-18(25)22-21(30)23(19(17)26)8-9-29-3/h4-7,10-11H,8-9H2,1-3H3,(H,27,28)(H,22,25,30)/b17-11-. The van der Waals surface area contributed by atoms with Crippen LogP contribution in [0.25, 0.3) is 11.8 Å². The normalized spacial score (nSPS) is 15.6. The molecule has 9 heteroatoms. The van der Waals surface area contributed by atoms with Gasteiger partial charge in [0.15, 0.2) is 5.11 Å². The molecule has 0 spiro atoms. The number of nitrogens with one attached hydrogen (secondary N) is 1. The van der Waals surface area contributed by atoms with E-state index in [0.717, 1.165) is 17.1 Å². The van der Waals surface area contributed by atoms with Crippen molar-refractivity contribution < 1.29 is 24.2 Å². The molecule has 0 bridgehead atoms. The van der Waals surface area contributed by atoms with Gasteiger partial charge in [0.1, 0.15) is 5.57 Å². The number of carboxylic acid groups (broad SMARTS) is 1. The Morgan fingerprint density at radius 3 is 2.50 bits per heavy atom.